The first-order valence-corrected chi connectivity index (χ1v) is 12.3. The van der Waals surface area contributed by atoms with Gasteiger partial charge < -0.3 is 59.8 Å². The van der Waals surface area contributed by atoms with Crippen LogP contribution < -0.4 is 16.8 Å². The number of hydrogen-bond donors (Lipinski definition) is 4. The summed E-state index contributed by atoms with van der Waals surface area (Å²) in [6.45, 7) is 4.59. The smallest absolute Gasteiger partial charge is 0.405 e. The average molecular weight is 608 g/mol. The number of primary amides is 2. The van der Waals surface area contributed by atoms with Crippen LogP contribution >= 0.6 is 0 Å². The largest absolute Gasteiger partial charge is 0.463 e. The molecule has 0 unspecified atom stereocenters. The predicted octanol–water partition coefficient (Wildman–Crippen LogP) is -3.37. The predicted molar refractivity (Wildman–Crippen MR) is 129 cm³/mol. The molecule has 0 bridgehead atoms. The van der Waals surface area contributed by atoms with Crippen molar-refractivity contribution in [2.24, 2.45) is 11.5 Å². The molecule has 19 heteroatoms. The fourth-order valence-electron chi connectivity index (χ4n) is 4.35. The molecule has 0 spiro atoms. The molecule has 42 heavy (non-hydrogen) atoms. The van der Waals surface area contributed by atoms with Gasteiger partial charge in [0, 0.05) is 34.6 Å². The van der Waals surface area contributed by atoms with Crippen LogP contribution in [0.1, 0.15) is 34.6 Å². The number of nitrogens with one attached hydrogen (secondary N) is 1. The SMILES string of the molecule is CC(=O)N[C@H]1[C@H](O[C@@H]2[C@@H](OC(N)=O)[C@@H](OC(C)=O)[C@@H](C(N)=O)O[C@@H]2O)O[C@H](COC(C)=O)[C@@H](OC(C)=O)[C@@H]1OC(C)=O. The lowest BCUT2D eigenvalue weighted by atomic mass is 9.94. The van der Waals surface area contributed by atoms with Crippen molar-refractivity contribution in [3.05, 3.63) is 0 Å². The second-order valence-corrected chi connectivity index (χ2v) is 9.15. The number of esters is 4. The Labute approximate surface area is 238 Å². The zero-order valence-corrected chi connectivity index (χ0v) is 23.2. The van der Waals surface area contributed by atoms with E-state index in [4.69, 9.17) is 49.4 Å². The fraction of sp³-hybridized carbons (Fsp3) is 0.696. The Morgan fingerprint density at radius 1 is 0.714 bits per heavy atom. The van der Waals surface area contributed by atoms with Gasteiger partial charge in [0.15, 0.2) is 49.2 Å². The summed E-state index contributed by atoms with van der Waals surface area (Å²) >= 11 is 0. The summed E-state index contributed by atoms with van der Waals surface area (Å²) < 4.78 is 42.6. The van der Waals surface area contributed by atoms with E-state index < -0.39 is 110 Å². The van der Waals surface area contributed by atoms with Gasteiger partial charge in [0.25, 0.3) is 5.91 Å². The molecule has 6 N–H and O–H groups in total. The van der Waals surface area contributed by atoms with Crippen molar-refractivity contribution in [1.82, 2.24) is 5.32 Å². The van der Waals surface area contributed by atoms with Gasteiger partial charge in [-0.15, -0.1) is 0 Å². The molecule has 0 aliphatic carbocycles. The van der Waals surface area contributed by atoms with Gasteiger partial charge in [0.05, 0.1) is 0 Å². The van der Waals surface area contributed by atoms with Crippen molar-refractivity contribution >= 4 is 41.8 Å². The van der Waals surface area contributed by atoms with E-state index in [0.717, 1.165) is 34.6 Å². The highest BCUT2D eigenvalue weighted by atomic mass is 16.7. The van der Waals surface area contributed by atoms with Crippen LogP contribution in [0.5, 0.6) is 0 Å². The molecule has 2 heterocycles. The van der Waals surface area contributed by atoms with E-state index in [9.17, 15) is 38.7 Å². The summed E-state index contributed by atoms with van der Waals surface area (Å²) in [6, 6.07) is -1.51. The monoisotopic (exact) mass is 607 g/mol. The Morgan fingerprint density at radius 3 is 1.74 bits per heavy atom. The van der Waals surface area contributed by atoms with E-state index >= 15 is 0 Å². The van der Waals surface area contributed by atoms with Crippen molar-refractivity contribution in [3.63, 3.8) is 0 Å². The zero-order valence-electron chi connectivity index (χ0n) is 23.2. The van der Waals surface area contributed by atoms with Gasteiger partial charge in [-0.25, -0.2) is 4.79 Å². The molecule has 2 saturated heterocycles. The van der Waals surface area contributed by atoms with Gasteiger partial charge in [-0.05, 0) is 0 Å². The second kappa shape index (κ2) is 14.7. The normalized spacial score (nSPS) is 32.4. The molecule has 0 radical (unpaired) electrons. The van der Waals surface area contributed by atoms with Crippen LogP contribution in [0.4, 0.5) is 4.79 Å². The molecule has 3 amide bonds. The number of hydrogen-bond acceptors (Lipinski definition) is 16. The maximum Gasteiger partial charge on any atom is 0.405 e. The van der Waals surface area contributed by atoms with Crippen molar-refractivity contribution in [3.8, 4) is 0 Å². The lowest BCUT2D eigenvalue weighted by Crippen LogP contribution is -2.69. The van der Waals surface area contributed by atoms with Crippen molar-refractivity contribution in [2.75, 3.05) is 6.61 Å². The Morgan fingerprint density at radius 2 is 1.26 bits per heavy atom. The fourth-order valence-corrected chi connectivity index (χ4v) is 4.35. The number of amides is 3. The quantitative estimate of drug-likeness (QED) is 0.139. The van der Waals surface area contributed by atoms with E-state index in [1.165, 1.54) is 0 Å². The summed E-state index contributed by atoms with van der Waals surface area (Å²) in [5.41, 5.74) is 10.5. The molecule has 0 aromatic heterocycles. The van der Waals surface area contributed by atoms with Crippen LogP contribution in [0.2, 0.25) is 0 Å². The Balaban J connectivity index is 2.61. The maximum atomic E-state index is 12.2. The van der Waals surface area contributed by atoms with Crippen LogP contribution in [0.3, 0.4) is 0 Å². The van der Waals surface area contributed by atoms with Crippen LogP contribution in [0.15, 0.2) is 0 Å². The van der Waals surface area contributed by atoms with Gasteiger partial charge in [0.2, 0.25) is 5.91 Å². The first-order chi connectivity index (χ1) is 19.5. The van der Waals surface area contributed by atoms with Gasteiger partial charge in [0.1, 0.15) is 18.8 Å². The van der Waals surface area contributed by atoms with Gasteiger partial charge in [-0.2, -0.15) is 0 Å². The molecule has 0 saturated carbocycles. The van der Waals surface area contributed by atoms with E-state index in [-0.39, 0.29) is 0 Å². The highest BCUT2D eigenvalue weighted by Crippen LogP contribution is 2.33. The third kappa shape index (κ3) is 9.23. The third-order valence-corrected chi connectivity index (χ3v) is 5.71. The van der Waals surface area contributed by atoms with Crippen LogP contribution in [0.25, 0.3) is 0 Å². The minimum atomic E-state index is -2.13. The first kappa shape index (κ1) is 34.1. The van der Waals surface area contributed by atoms with Crippen molar-refractivity contribution < 1.29 is 76.6 Å². The summed E-state index contributed by atoms with van der Waals surface area (Å²) in [5, 5.41) is 13.2. The lowest BCUT2D eigenvalue weighted by Gasteiger charge is -2.48. The highest BCUT2D eigenvalue weighted by Gasteiger charge is 2.57. The maximum absolute atomic E-state index is 12.2. The molecule has 2 aliphatic heterocycles. The van der Waals surface area contributed by atoms with E-state index in [0.29, 0.717) is 0 Å². The lowest BCUT2D eigenvalue weighted by molar-refractivity contribution is -0.343. The van der Waals surface area contributed by atoms with Crippen molar-refractivity contribution in [2.45, 2.75) is 96.0 Å². The van der Waals surface area contributed by atoms with E-state index in [1.807, 2.05) is 0 Å². The van der Waals surface area contributed by atoms with Gasteiger partial charge >= 0.3 is 30.0 Å². The number of aliphatic hydroxyl groups is 1. The van der Waals surface area contributed by atoms with Crippen LogP contribution in [0, 0.1) is 0 Å². The Bertz CT molecular complexity index is 1070. The zero-order chi connectivity index (χ0) is 31.9. The number of rotatable bonds is 10. The number of nitrogens with two attached hydrogens (primary N) is 2. The number of carbonyl (C=O) groups excluding carboxylic acids is 7. The van der Waals surface area contributed by atoms with E-state index in [2.05, 4.69) is 5.32 Å². The standard InChI is InChI=1S/C23H33N3O16/c1-7(27)26-13-15(37-10(4)30)14(36-9(3)29)12(6-35-8(2)28)39-22(13)41-19-17(42-23(25)34)16(38-11(5)31)18(20(24)32)40-21(19)33/h12-19,21-22,33H,6H2,1-5H3,(H2,24,32)(H2,25,34)(H,26,27)/t12-,13-,14-,15-,16-,17+,18+,19-,21+,22+/m1/s1. The average Bonchev–Trinajstić information content (AvgIpc) is 2.83. The molecule has 236 valence electrons. The van der Waals surface area contributed by atoms with Gasteiger partial charge in [-0.1, -0.05) is 0 Å². The molecule has 0 aromatic rings. The minimum Gasteiger partial charge on any atom is -0.463 e. The third-order valence-electron chi connectivity index (χ3n) is 5.71. The molecule has 2 rings (SSSR count). The second-order valence-electron chi connectivity index (χ2n) is 9.15. The van der Waals surface area contributed by atoms with Crippen molar-refractivity contribution in [1.29, 1.82) is 0 Å². The Kier molecular flexibility index (Phi) is 12.0. The molecular formula is C23H33N3O16. The number of ether oxygens (including phenoxy) is 8. The molecule has 2 aliphatic rings. The number of aliphatic hydroxyl groups excluding tert-OH is 1. The highest BCUT2D eigenvalue weighted by molar-refractivity contribution is 5.80. The first-order valence-electron chi connectivity index (χ1n) is 12.3. The summed E-state index contributed by atoms with van der Waals surface area (Å²) in [7, 11) is 0. The molecule has 10 atom stereocenters. The van der Waals surface area contributed by atoms with Crippen LogP contribution in [-0.4, -0.2) is 115 Å². The minimum absolute atomic E-state index is 0.581. The molecule has 19 nitrogen and oxygen atoms in total. The molecular weight excluding hydrogens is 574 g/mol. The topological polar surface area (TPSA) is 278 Å². The Hall–Kier alpha value is -4.07. The summed E-state index contributed by atoms with van der Waals surface area (Å²) in [5.74, 6) is -5.43. The summed E-state index contributed by atoms with van der Waals surface area (Å²) in [6.07, 6.45) is -17.2. The van der Waals surface area contributed by atoms with E-state index in [1.54, 1.807) is 0 Å². The summed E-state index contributed by atoms with van der Waals surface area (Å²) in [4.78, 5) is 83.2. The molecule has 0 aromatic carbocycles. The molecule has 2 fully saturated rings. The van der Waals surface area contributed by atoms with Gasteiger partial charge in [-0.3, -0.25) is 28.8 Å². The number of carbonyl (C=O) groups is 7. The van der Waals surface area contributed by atoms with Crippen LogP contribution in [-0.2, 0) is 66.7 Å².